The molecule has 1 aromatic rings. The van der Waals surface area contributed by atoms with Gasteiger partial charge >= 0.3 is 0 Å². The van der Waals surface area contributed by atoms with Gasteiger partial charge in [0.15, 0.2) is 0 Å². The minimum atomic E-state index is -0.112. The largest absolute Gasteiger partial charge is 0.395 e. The van der Waals surface area contributed by atoms with E-state index in [1.807, 2.05) is 35.2 Å². The van der Waals surface area contributed by atoms with Crippen LogP contribution in [0.25, 0.3) is 0 Å². The van der Waals surface area contributed by atoms with Crippen LogP contribution in [0, 0.1) is 0 Å². The molecular weight excluding hydrogens is 226 g/mol. The summed E-state index contributed by atoms with van der Waals surface area (Å²) in [5.41, 5.74) is 1.06. The van der Waals surface area contributed by atoms with Crippen LogP contribution in [0.5, 0.6) is 0 Å². The van der Waals surface area contributed by atoms with Crippen molar-refractivity contribution in [2.24, 2.45) is 0 Å². The molecule has 1 atom stereocenters. The van der Waals surface area contributed by atoms with E-state index in [9.17, 15) is 0 Å². The second kappa shape index (κ2) is 7.63. The lowest BCUT2D eigenvalue weighted by molar-refractivity contribution is 0.161. The normalized spacial score (nSPS) is 13.0. The monoisotopic (exact) mass is 243 g/mol. The third kappa shape index (κ3) is 4.49. The van der Waals surface area contributed by atoms with Crippen LogP contribution in [0.1, 0.15) is 10.9 Å². The van der Waals surface area contributed by atoms with Crippen LogP contribution in [-0.4, -0.2) is 48.0 Å². The summed E-state index contributed by atoms with van der Waals surface area (Å²) in [5, 5.41) is 17.6. The van der Waals surface area contributed by atoms with E-state index in [-0.39, 0.29) is 18.6 Å². The molecule has 0 aromatic heterocycles. The number of alkyl halides is 1. The van der Waals surface area contributed by atoms with Gasteiger partial charge < -0.3 is 10.2 Å². The Morgan fingerprint density at radius 2 is 1.62 bits per heavy atom. The SMILES string of the molecule is OCCN(CCO)CC(Cl)c1ccccc1. The summed E-state index contributed by atoms with van der Waals surface area (Å²) in [6.45, 7) is 1.87. The Morgan fingerprint density at radius 1 is 1.06 bits per heavy atom. The van der Waals surface area contributed by atoms with Gasteiger partial charge in [0.25, 0.3) is 0 Å². The van der Waals surface area contributed by atoms with E-state index in [0.717, 1.165) is 5.56 Å². The van der Waals surface area contributed by atoms with Crippen LogP contribution in [0.3, 0.4) is 0 Å². The van der Waals surface area contributed by atoms with Gasteiger partial charge in [-0.1, -0.05) is 30.3 Å². The quantitative estimate of drug-likeness (QED) is 0.709. The molecule has 1 unspecified atom stereocenters. The second-order valence-electron chi connectivity index (χ2n) is 3.63. The molecule has 2 N–H and O–H groups in total. The molecule has 3 nitrogen and oxygen atoms in total. The van der Waals surface area contributed by atoms with Crippen molar-refractivity contribution in [1.29, 1.82) is 0 Å². The first-order chi connectivity index (χ1) is 7.77. The average Bonchev–Trinajstić information content (AvgIpc) is 2.31. The van der Waals surface area contributed by atoms with Crippen molar-refractivity contribution in [3.05, 3.63) is 35.9 Å². The summed E-state index contributed by atoms with van der Waals surface area (Å²) in [6, 6.07) is 9.81. The first-order valence-corrected chi connectivity index (χ1v) is 5.84. The van der Waals surface area contributed by atoms with Gasteiger partial charge in [-0.05, 0) is 5.56 Å². The fourth-order valence-electron chi connectivity index (χ4n) is 1.57. The van der Waals surface area contributed by atoms with Gasteiger partial charge in [0.2, 0.25) is 0 Å². The Morgan fingerprint density at radius 3 is 2.12 bits per heavy atom. The molecule has 0 fully saturated rings. The maximum Gasteiger partial charge on any atom is 0.0712 e. The topological polar surface area (TPSA) is 43.7 Å². The molecule has 0 aliphatic carbocycles. The van der Waals surface area contributed by atoms with Crippen molar-refractivity contribution < 1.29 is 10.2 Å². The lowest BCUT2D eigenvalue weighted by Gasteiger charge is -2.23. The lowest BCUT2D eigenvalue weighted by Crippen LogP contribution is -2.32. The molecule has 0 amide bonds. The number of aliphatic hydroxyl groups is 2. The number of aliphatic hydroxyl groups excluding tert-OH is 2. The molecule has 16 heavy (non-hydrogen) atoms. The number of rotatable bonds is 7. The Labute approximate surface area is 101 Å². The molecule has 0 saturated carbocycles. The van der Waals surface area contributed by atoms with E-state index in [1.165, 1.54) is 0 Å². The Bertz CT molecular complexity index is 276. The third-order valence-corrected chi connectivity index (χ3v) is 2.80. The van der Waals surface area contributed by atoms with Gasteiger partial charge in [-0.25, -0.2) is 0 Å². The second-order valence-corrected chi connectivity index (χ2v) is 4.15. The maximum atomic E-state index is 8.88. The standard InChI is InChI=1S/C12H18ClNO2/c13-12(11-4-2-1-3-5-11)10-14(6-8-15)7-9-16/h1-5,12,15-16H,6-10H2. The molecule has 4 heteroatoms. The summed E-state index contributed by atoms with van der Waals surface area (Å²) in [4.78, 5) is 1.95. The van der Waals surface area contributed by atoms with Crippen LogP contribution in [-0.2, 0) is 0 Å². The molecular formula is C12H18ClNO2. The van der Waals surface area contributed by atoms with E-state index >= 15 is 0 Å². The van der Waals surface area contributed by atoms with Crippen molar-refractivity contribution in [1.82, 2.24) is 4.90 Å². The predicted molar refractivity (Wildman–Crippen MR) is 65.6 cm³/mol. The number of hydrogen-bond acceptors (Lipinski definition) is 3. The van der Waals surface area contributed by atoms with Gasteiger partial charge in [0.05, 0.1) is 18.6 Å². The maximum absolute atomic E-state index is 8.88. The molecule has 1 aromatic carbocycles. The highest BCUT2D eigenvalue weighted by Gasteiger charge is 2.12. The molecule has 0 radical (unpaired) electrons. The van der Waals surface area contributed by atoms with Gasteiger partial charge in [-0.2, -0.15) is 0 Å². The van der Waals surface area contributed by atoms with E-state index in [1.54, 1.807) is 0 Å². The van der Waals surface area contributed by atoms with Gasteiger partial charge in [0, 0.05) is 19.6 Å². The van der Waals surface area contributed by atoms with Gasteiger partial charge in [-0.3, -0.25) is 4.90 Å². The molecule has 0 aliphatic rings. The van der Waals surface area contributed by atoms with E-state index < -0.39 is 0 Å². The smallest absolute Gasteiger partial charge is 0.0712 e. The summed E-state index contributed by atoms with van der Waals surface area (Å²) in [7, 11) is 0. The van der Waals surface area contributed by atoms with Crippen LogP contribution < -0.4 is 0 Å². The molecule has 90 valence electrons. The van der Waals surface area contributed by atoms with Crippen LogP contribution in [0.15, 0.2) is 30.3 Å². The van der Waals surface area contributed by atoms with Crippen LogP contribution in [0.2, 0.25) is 0 Å². The molecule has 0 bridgehead atoms. The number of halogens is 1. The zero-order valence-corrected chi connectivity index (χ0v) is 9.98. The van der Waals surface area contributed by atoms with Crippen molar-refractivity contribution in [3.63, 3.8) is 0 Å². The zero-order valence-electron chi connectivity index (χ0n) is 9.22. The van der Waals surface area contributed by atoms with E-state index in [0.29, 0.717) is 19.6 Å². The highest BCUT2D eigenvalue weighted by molar-refractivity contribution is 6.21. The minimum absolute atomic E-state index is 0.0817. The van der Waals surface area contributed by atoms with Crippen LogP contribution >= 0.6 is 11.6 Å². The summed E-state index contributed by atoms with van der Waals surface area (Å²) >= 11 is 6.27. The Hall–Kier alpha value is -0.610. The van der Waals surface area contributed by atoms with E-state index in [4.69, 9.17) is 21.8 Å². The fourth-order valence-corrected chi connectivity index (χ4v) is 1.91. The van der Waals surface area contributed by atoms with Crippen molar-refractivity contribution in [2.45, 2.75) is 5.38 Å². The van der Waals surface area contributed by atoms with Gasteiger partial charge in [-0.15, -0.1) is 11.6 Å². The average molecular weight is 244 g/mol. The summed E-state index contributed by atoms with van der Waals surface area (Å²) < 4.78 is 0. The highest BCUT2D eigenvalue weighted by atomic mass is 35.5. The van der Waals surface area contributed by atoms with Crippen molar-refractivity contribution in [2.75, 3.05) is 32.8 Å². The third-order valence-electron chi connectivity index (χ3n) is 2.41. The van der Waals surface area contributed by atoms with E-state index in [2.05, 4.69) is 0 Å². The lowest BCUT2D eigenvalue weighted by atomic mass is 10.1. The summed E-state index contributed by atoms with van der Waals surface area (Å²) in [6.07, 6.45) is 0. The Kier molecular flexibility index (Phi) is 6.42. The predicted octanol–water partition coefficient (Wildman–Crippen LogP) is 1.25. The fraction of sp³-hybridized carbons (Fsp3) is 0.500. The minimum Gasteiger partial charge on any atom is -0.395 e. The molecule has 0 spiro atoms. The number of nitrogens with zero attached hydrogens (tertiary/aromatic N) is 1. The first kappa shape index (κ1) is 13.5. The molecule has 0 saturated heterocycles. The van der Waals surface area contributed by atoms with Crippen LogP contribution in [0.4, 0.5) is 0 Å². The molecule has 0 heterocycles. The van der Waals surface area contributed by atoms with Crippen molar-refractivity contribution >= 4 is 11.6 Å². The first-order valence-electron chi connectivity index (χ1n) is 5.41. The number of hydrogen-bond donors (Lipinski definition) is 2. The highest BCUT2D eigenvalue weighted by Crippen LogP contribution is 2.20. The molecule has 0 aliphatic heterocycles. The van der Waals surface area contributed by atoms with Crippen molar-refractivity contribution in [3.8, 4) is 0 Å². The summed E-state index contributed by atoms with van der Waals surface area (Å²) in [5.74, 6) is 0. The van der Waals surface area contributed by atoms with Gasteiger partial charge in [0.1, 0.15) is 0 Å². The Balaban J connectivity index is 2.50. The zero-order chi connectivity index (χ0) is 11.8. The molecule has 1 rings (SSSR count). The number of benzene rings is 1.